The highest BCUT2D eigenvalue weighted by Crippen LogP contribution is 2.36. The van der Waals surface area contributed by atoms with Crippen LogP contribution in [0.15, 0.2) is 12.1 Å². The predicted octanol–water partition coefficient (Wildman–Crippen LogP) is 2.92. The quantitative estimate of drug-likeness (QED) is 0.840. The fraction of sp³-hybridized carbons (Fsp3) is 0.625. The molecule has 4 nitrogen and oxygen atoms in total. The van der Waals surface area contributed by atoms with Gasteiger partial charge in [-0.1, -0.05) is 6.92 Å². The highest BCUT2D eigenvalue weighted by atomic mass is 19.1. The summed E-state index contributed by atoms with van der Waals surface area (Å²) in [4.78, 5) is 0. The van der Waals surface area contributed by atoms with Gasteiger partial charge in [0.2, 0.25) is 0 Å². The predicted molar refractivity (Wildman–Crippen MR) is 79.5 cm³/mol. The van der Waals surface area contributed by atoms with E-state index in [4.69, 9.17) is 14.2 Å². The molecule has 1 fully saturated rings. The molecule has 1 saturated heterocycles. The van der Waals surface area contributed by atoms with Gasteiger partial charge in [0, 0.05) is 30.2 Å². The molecule has 0 saturated carbocycles. The van der Waals surface area contributed by atoms with Gasteiger partial charge in [-0.05, 0) is 25.5 Å². The zero-order valence-corrected chi connectivity index (χ0v) is 12.9. The Bertz CT molecular complexity index is 461. The second-order valence-electron chi connectivity index (χ2n) is 5.28. The zero-order chi connectivity index (χ0) is 15.2. The fourth-order valence-corrected chi connectivity index (χ4v) is 2.75. The molecule has 1 N–H and O–H groups in total. The average Bonchev–Trinajstić information content (AvgIpc) is 3.02. The fourth-order valence-electron chi connectivity index (χ4n) is 2.75. The van der Waals surface area contributed by atoms with E-state index in [0.717, 1.165) is 26.0 Å². The molecule has 2 atom stereocenters. The summed E-state index contributed by atoms with van der Waals surface area (Å²) < 4.78 is 30.4. The van der Waals surface area contributed by atoms with Crippen LogP contribution in [0.5, 0.6) is 11.5 Å². The molecule has 1 heterocycles. The Morgan fingerprint density at radius 3 is 2.62 bits per heavy atom. The van der Waals surface area contributed by atoms with Crippen molar-refractivity contribution in [3.8, 4) is 11.5 Å². The number of halogens is 1. The molecule has 1 aromatic carbocycles. The minimum atomic E-state index is -0.270. The van der Waals surface area contributed by atoms with Crippen molar-refractivity contribution in [2.45, 2.75) is 25.8 Å². The smallest absolute Gasteiger partial charge is 0.163 e. The van der Waals surface area contributed by atoms with Gasteiger partial charge in [-0.15, -0.1) is 0 Å². The summed E-state index contributed by atoms with van der Waals surface area (Å²) in [6.07, 6.45) is 1.94. The summed E-state index contributed by atoms with van der Waals surface area (Å²) in [7, 11) is 3.07. The third kappa shape index (κ3) is 3.66. The average molecular weight is 297 g/mol. The third-order valence-electron chi connectivity index (χ3n) is 3.89. The monoisotopic (exact) mass is 297 g/mol. The molecule has 0 spiro atoms. The van der Waals surface area contributed by atoms with Crippen LogP contribution < -0.4 is 14.8 Å². The Labute approximate surface area is 125 Å². The van der Waals surface area contributed by atoms with Crippen LogP contribution in [-0.2, 0) is 4.74 Å². The molecule has 2 rings (SSSR count). The molecule has 5 heteroatoms. The standard InChI is InChI=1S/C16H24FNO3/c1-4-6-18-16(11-5-7-21-10-11)12-8-14(19-2)15(20-3)9-13(12)17/h8-9,11,16,18H,4-7,10H2,1-3H3. The molecule has 0 bridgehead atoms. The van der Waals surface area contributed by atoms with Crippen LogP contribution in [0.4, 0.5) is 4.39 Å². The molecule has 0 aliphatic carbocycles. The summed E-state index contributed by atoms with van der Waals surface area (Å²) in [5.41, 5.74) is 0.622. The number of methoxy groups -OCH3 is 2. The van der Waals surface area contributed by atoms with Crippen molar-refractivity contribution < 1.29 is 18.6 Å². The van der Waals surface area contributed by atoms with Gasteiger partial charge in [0.15, 0.2) is 11.5 Å². The summed E-state index contributed by atoms with van der Waals surface area (Å²) in [6, 6.07) is 3.07. The molecule has 0 radical (unpaired) electrons. The molecule has 0 aromatic heterocycles. The van der Waals surface area contributed by atoms with Gasteiger partial charge in [0.05, 0.1) is 20.8 Å². The maximum Gasteiger partial charge on any atom is 0.163 e. The van der Waals surface area contributed by atoms with Gasteiger partial charge in [0.25, 0.3) is 0 Å². The third-order valence-corrected chi connectivity index (χ3v) is 3.89. The molecule has 1 aliphatic heterocycles. The molecular formula is C16H24FNO3. The molecule has 118 valence electrons. The van der Waals surface area contributed by atoms with Crippen molar-refractivity contribution in [3.63, 3.8) is 0 Å². The first-order valence-electron chi connectivity index (χ1n) is 7.43. The Morgan fingerprint density at radius 1 is 1.33 bits per heavy atom. The van der Waals surface area contributed by atoms with Crippen molar-refractivity contribution in [1.29, 1.82) is 0 Å². The van der Waals surface area contributed by atoms with Crippen molar-refractivity contribution in [2.75, 3.05) is 34.0 Å². The Balaban J connectivity index is 2.33. The lowest BCUT2D eigenvalue weighted by molar-refractivity contribution is 0.176. The lowest BCUT2D eigenvalue weighted by Crippen LogP contribution is -2.30. The summed E-state index contributed by atoms with van der Waals surface area (Å²) in [5, 5.41) is 3.44. The minimum Gasteiger partial charge on any atom is -0.493 e. The van der Waals surface area contributed by atoms with E-state index in [9.17, 15) is 4.39 Å². The second-order valence-corrected chi connectivity index (χ2v) is 5.28. The molecular weight excluding hydrogens is 273 g/mol. The SMILES string of the molecule is CCCNC(c1cc(OC)c(OC)cc1F)C1CCOC1. The zero-order valence-electron chi connectivity index (χ0n) is 12.9. The Kier molecular flexibility index (Phi) is 5.82. The Hall–Kier alpha value is -1.33. The molecule has 1 aliphatic rings. The number of hydrogen-bond donors (Lipinski definition) is 1. The number of ether oxygens (including phenoxy) is 3. The van der Waals surface area contributed by atoms with Crippen LogP contribution in [0.1, 0.15) is 31.4 Å². The topological polar surface area (TPSA) is 39.7 Å². The number of hydrogen-bond acceptors (Lipinski definition) is 4. The van der Waals surface area contributed by atoms with Gasteiger partial charge in [-0.2, -0.15) is 0 Å². The van der Waals surface area contributed by atoms with E-state index in [1.54, 1.807) is 13.2 Å². The highest BCUT2D eigenvalue weighted by molar-refractivity contribution is 5.45. The van der Waals surface area contributed by atoms with Gasteiger partial charge < -0.3 is 19.5 Å². The van der Waals surface area contributed by atoms with Crippen molar-refractivity contribution in [2.24, 2.45) is 5.92 Å². The van der Waals surface area contributed by atoms with Crippen LogP contribution in [0.3, 0.4) is 0 Å². The van der Waals surface area contributed by atoms with E-state index in [0.29, 0.717) is 23.7 Å². The van der Waals surface area contributed by atoms with Crippen LogP contribution >= 0.6 is 0 Å². The summed E-state index contributed by atoms with van der Waals surface area (Å²) in [6.45, 7) is 4.34. The van der Waals surface area contributed by atoms with Crippen LogP contribution in [0.2, 0.25) is 0 Å². The molecule has 1 aromatic rings. The first kappa shape index (κ1) is 16.0. The molecule has 21 heavy (non-hydrogen) atoms. The number of rotatable bonds is 7. The van der Waals surface area contributed by atoms with Crippen LogP contribution in [-0.4, -0.2) is 34.0 Å². The lowest BCUT2D eigenvalue weighted by Gasteiger charge is -2.25. The highest BCUT2D eigenvalue weighted by Gasteiger charge is 2.29. The van der Waals surface area contributed by atoms with Crippen LogP contribution in [0.25, 0.3) is 0 Å². The van der Waals surface area contributed by atoms with Gasteiger partial charge >= 0.3 is 0 Å². The summed E-state index contributed by atoms with van der Waals surface area (Å²) >= 11 is 0. The van der Waals surface area contributed by atoms with Crippen LogP contribution in [0, 0.1) is 11.7 Å². The van der Waals surface area contributed by atoms with E-state index < -0.39 is 0 Å². The van der Waals surface area contributed by atoms with E-state index >= 15 is 0 Å². The minimum absolute atomic E-state index is 0.0627. The number of benzene rings is 1. The lowest BCUT2D eigenvalue weighted by atomic mass is 9.91. The normalized spacial score (nSPS) is 19.5. The van der Waals surface area contributed by atoms with Crippen molar-refractivity contribution >= 4 is 0 Å². The maximum absolute atomic E-state index is 14.5. The van der Waals surface area contributed by atoms with Gasteiger partial charge in [0.1, 0.15) is 5.82 Å². The second kappa shape index (κ2) is 7.61. The first-order chi connectivity index (χ1) is 10.2. The maximum atomic E-state index is 14.5. The summed E-state index contributed by atoms with van der Waals surface area (Å²) in [5.74, 6) is 0.976. The van der Waals surface area contributed by atoms with Crippen molar-refractivity contribution in [1.82, 2.24) is 5.32 Å². The van der Waals surface area contributed by atoms with E-state index in [1.807, 2.05) is 0 Å². The van der Waals surface area contributed by atoms with E-state index in [-0.39, 0.29) is 17.8 Å². The van der Waals surface area contributed by atoms with Crippen molar-refractivity contribution in [3.05, 3.63) is 23.5 Å². The van der Waals surface area contributed by atoms with E-state index in [2.05, 4.69) is 12.2 Å². The van der Waals surface area contributed by atoms with Gasteiger partial charge in [-0.25, -0.2) is 4.39 Å². The largest absolute Gasteiger partial charge is 0.493 e. The first-order valence-corrected chi connectivity index (χ1v) is 7.43. The number of nitrogens with one attached hydrogen (secondary N) is 1. The molecule has 0 amide bonds. The Morgan fingerprint density at radius 2 is 2.05 bits per heavy atom. The van der Waals surface area contributed by atoms with Gasteiger partial charge in [-0.3, -0.25) is 0 Å². The van der Waals surface area contributed by atoms with E-state index in [1.165, 1.54) is 13.2 Å². The molecule has 2 unspecified atom stereocenters.